The summed E-state index contributed by atoms with van der Waals surface area (Å²) < 4.78 is 24.3. The number of ketones is 1. The van der Waals surface area contributed by atoms with E-state index in [1.807, 2.05) is 13.8 Å². The van der Waals surface area contributed by atoms with E-state index in [1.165, 1.54) is 36.3 Å². The van der Waals surface area contributed by atoms with Gasteiger partial charge in [0.15, 0.2) is 0 Å². The zero-order valence-electron chi connectivity index (χ0n) is 17.8. The van der Waals surface area contributed by atoms with Gasteiger partial charge in [-0.2, -0.15) is 0 Å². The Bertz CT molecular complexity index is 984. The van der Waals surface area contributed by atoms with Crippen LogP contribution in [0.5, 0.6) is 5.75 Å². The van der Waals surface area contributed by atoms with Crippen molar-refractivity contribution in [3.05, 3.63) is 71.0 Å². The van der Waals surface area contributed by atoms with Crippen LogP contribution in [0.15, 0.2) is 54.1 Å². The van der Waals surface area contributed by atoms with E-state index < -0.39 is 23.5 Å². The molecule has 0 saturated carbocycles. The maximum atomic E-state index is 13.5. The van der Waals surface area contributed by atoms with Gasteiger partial charge in [-0.3, -0.25) is 9.59 Å². The fourth-order valence-electron chi connectivity index (χ4n) is 3.44. The number of Topliss-reactive ketones (excluding diaryl/α,β-unsaturated/α-hetero) is 1. The van der Waals surface area contributed by atoms with E-state index in [4.69, 9.17) is 9.47 Å². The summed E-state index contributed by atoms with van der Waals surface area (Å²) in [4.78, 5) is 27.0. The van der Waals surface area contributed by atoms with Crippen LogP contribution in [0.2, 0.25) is 0 Å². The third-order valence-corrected chi connectivity index (χ3v) is 4.95. The van der Waals surface area contributed by atoms with Gasteiger partial charge in [-0.05, 0) is 35.7 Å². The molecule has 0 aromatic heterocycles. The molecule has 1 unspecified atom stereocenters. The van der Waals surface area contributed by atoms with Crippen molar-refractivity contribution < 1.29 is 28.6 Å². The van der Waals surface area contributed by atoms with Crippen molar-refractivity contribution in [2.24, 2.45) is 5.92 Å². The lowest BCUT2D eigenvalue weighted by molar-refractivity contribution is -0.140. The number of aliphatic hydroxyl groups is 1. The van der Waals surface area contributed by atoms with Gasteiger partial charge in [0.05, 0.1) is 24.8 Å². The van der Waals surface area contributed by atoms with Crippen molar-refractivity contribution in [1.29, 1.82) is 0 Å². The third-order valence-electron chi connectivity index (χ3n) is 4.95. The molecule has 1 N–H and O–H groups in total. The summed E-state index contributed by atoms with van der Waals surface area (Å²) in [6, 6.07) is 11.4. The lowest BCUT2D eigenvalue weighted by Gasteiger charge is -2.25. The van der Waals surface area contributed by atoms with Gasteiger partial charge in [0.2, 0.25) is 0 Å². The number of methoxy groups -OCH3 is 1. The van der Waals surface area contributed by atoms with E-state index >= 15 is 0 Å². The summed E-state index contributed by atoms with van der Waals surface area (Å²) >= 11 is 0. The van der Waals surface area contributed by atoms with E-state index in [-0.39, 0.29) is 24.5 Å². The standard InChI is InChI=1S/C24H26FNO5/c1-15(2)14-31-19-6-4-5-17(13-19)22(27)20-21(16-7-9-18(25)10-8-16)26(11-12-30-3)24(29)23(20)28/h4-10,13,15,21,27H,11-12,14H2,1-3H3/b22-20-. The molecule has 7 heteroatoms. The van der Waals surface area contributed by atoms with Crippen LogP contribution in [0.25, 0.3) is 5.76 Å². The average molecular weight is 427 g/mol. The van der Waals surface area contributed by atoms with E-state index in [0.717, 1.165) is 0 Å². The summed E-state index contributed by atoms with van der Waals surface area (Å²) in [6.45, 7) is 4.91. The van der Waals surface area contributed by atoms with Crippen LogP contribution in [-0.4, -0.2) is 48.6 Å². The van der Waals surface area contributed by atoms with E-state index in [0.29, 0.717) is 29.4 Å². The highest BCUT2D eigenvalue weighted by Gasteiger charge is 2.45. The van der Waals surface area contributed by atoms with Crippen molar-refractivity contribution >= 4 is 17.4 Å². The van der Waals surface area contributed by atoms with Crippen molar-refractivity contribution in [2.45, 2.75) is 19.9 Å². The van der Waals surface area contributed by atoms with Gasteiger partial charge in [0.1, 0.15) is 17.3 Å². The number of benzene rings is 2. The first kappa shape index (κ1) is 22.5. The first-order chi connectivity index (χ1) is 14.8. The fourth-order valence-corrected chi connectivity index (χ4v) is 3.44. The molecular weight excluding hydrogens is 401 g/mol. The molecule has 0 aliphatic carbocycles. The number of ether oxygens (including phenoxy) is 2. The third kappa shape index (κ3) is 4.94. The molecule has 1 saturated heterocycles. The molecule has 1 atom stereocenters. The number of nitrogens with zero attached hydrogens (tertiary/aromatic N) is 1. The molecule has 1 aliphatic rings. The molecule has 3 rings (SSSR count). The minimum absolute atomic E-state index is 0.0475. The highest BCUT2D eigenvalue weighted by molar-refractivity contribution is 6.46. The predicted molar refractivity (Wildman–Crippen MR) is 114 cm³/mol. The number of aliphatic hydroxyl groups excluding tert-OH is 1. The summed E-state index contributed by atoms with van der Waals surface area (Å²) in [5, 5.41) is 11.1. The highest BCUT2D eigenvalue weighted by atomic mass is 19.1. The normalized spacial score (nSPS) is 18.1. The fraction of sp³-hybridized carbons (Fsp3) is 0.333. The van der Waals surface area contributed by atoms with Crippen LogP contribution in [0.3, 0.4) is 0 Å². The number of halogens is 1. The molecule has 2 aromatic rings. The van der Waals surface area contributed by atoms with E-state index in [9.17, 15) is 19.1 Å². The number of hydrogen-bond donors (Lipinski definition) is 1. The Hall–Kier alpha value is -3.19. The Morgan fingerprint density at radius 2 is 1.87 bits per heavy atom. The van der Waals surface area contributed by atoms with Crippen LogP contribution in [0.1, 0.15) is 31.0 Å². The molecule has 0 bridgehead atoms. The van der Waals surface area contributed by atoms with Crippen LogP contribution >= 0.6 is 0 Å². The Morgan fingerprint density at radius 1 is 1.16 bits per heavy atom. The van der Waals surface area contributed by atoms with Crippen LogP contribution in [-0.2, 0) is 14.3 Å². The summed E-state index contributed by atoms with van der Waals surface area (Å²) in [5.41, 5.74) is 0.831. The number of carbonyl (C=O) groups is 2. The monoisotopic (exact) mass is 427 g/mol. The zero-order valence-corrected chi connectivity index (χ0v) is 17.8. The largest absolute Gasteiger partial charge is 0.507 e. The average Bonchev–Trinajstić information content (AvgIpc) is 3.01. The van der Waals surface area contributed by atoms with Crippen molar-refractivity contribution in [2.75, 3.05) is 26.9 Å². The molecule has 2 aromatic carbocycles. The van der Waals surface area contributed by atoms with Crippen molar-refractivity contribution in [3.63, 3.8) is 0 Å². The molecule has 1 fully saturated rings. The number of hydrogen-bond acceptors (Lipinski definition) is 5. The van der Waals surface area contributed by atoms with E-state index in [1.54, 1.807) is 24.3 Å². The van der Waals surface area contributed by atoms with Gasteiger partial charge in [-0.25, -0.2) is 4.39 Å². The molecule has 164 valence electrons. The van der Waals surface area contributed by atoms with Crippen molar-refractivity contribution in [1.82, 2.24) is 4.90 Å². The molecular formula is C24H26FNO5. The lowest BCUT2D eigenvalue weighted by atomic mass is 9.95. The Kier molecular flexibility index (Phi) is 7.07. The molecule has 1 amide bonds. The maximum absolute atomic E-state index is 13.5. The lowest BCUT2D eigenvalue weighted by Crippen LogP contribution is -2.32. The summed E-state index contributed by atoms with van der Waals surface area (Å²) in [5.74, 6) is -1.40. The topological polar surface area (TPSA) is 76.1 Å². The molecule has 6 nitrogen and oxygen atoms in total. The Labute approximate surface area is 180 Å². The van der Waals surface area contributed by atoms with Gasteiger partial charge >= 0.3 is 0 Å². The predicted octanol–water partition coefficient (Wildman–Crippen LogP) is 3.93. The van der Waals surface area contributed by atoms with Gasteiger partial charge in [-0.15, -0.1) is 0 Å². The molecule has 0 radical (unpaired) electrons. The Balaban J connectivity index is 2.07. The second kappa shape index (κ2) is 9.75. The highest BCUT2D eigenvalue weighted by Crippen LogP contribution is 2.39. The first-order valence-electron chi connectivity index (χ1n) is 10.1. The second-order valence-electron chi connectivity index (χ2n) is 7.77. The molecule has 1 aliphatic heterocycles. The number of carbonyl (C=O) groups excluding carboxylic acids is 2. The van der Waals surface area contributed by atoms with Gasteiger partial charge < -0.3 is 19.5 Å². The summed E-state index contributed by atoms with van der Waals surface area (Å²) in [7, 11) is 1.49. The van der Waals surface area contributed by atoms with Gasteiger partial charge in [0, 0.05) is 19.2 Å². The number of likely N-dealkylation sites (tertiary alicyclic amines) is 1. The quantitative estimate of drug-likeness (QED) is 0.393. The number of rotatable bonds is 8. The number of amides is 1. The Morgan fingerprint density at radius 3 is 2.52 bits per heavy atom. The van der Waals surface area contributed by atoms with E-state index in [2.05, 4.69) is 0 Å². The van der Waals surface area contributed by atoms with Crippen molar-refractivity contribution in [3.8, 4) is 5.75 Å². The second-order valence-corrected chi connectivity index (χ2v) is 7.77. The maximum Gasteiger partial charge on any atom is 0.295 e. The molecule has 31 heavy (non-hydrogen) atoms. The van der Waals surface area contributed by atoms with Crippen LogP contribution < -0.4 is 4.74 Å². The van der Waals surface area contributed by atoms with Gasteiger partial charge in [-0.1, -0.05) is 38.1 Å². The minimum Gasteiger partial charge on any atom is -0.507 e. The smallest absolute Gasteiger partial charge is 0.295 e. The zero-order chi connectivity index (χ0) is 22.5. The van der Waals surface area contributed by atoms with Crippen LogP contribution in [0.4, 0.5) is 4.39 Å². The molecule has 1 heterocycles. The first-order valence-corrected chi connectivity index (χ1v) is 10.1. The van der Waals surface area contributed by atoms with Crippen LogP contribution in [0, 0.1) is 11.7 Å². The summed E-state index contributed by atoms with van der Waals surface area (Å²) in [6.07, 6.45) is 0. The SMILES string of the molecule is COCCN1C(=O)C(=O)/C(=C(\O)c2cccc(OCC(C)C)c2)C1c1ccc(F)cc1. The van der Waals surface area contributed by atoms with Gasteiger partial charge in [0.25, 0.3) is 11.7 Å². The minimum atomic E-state index is -0.851. The molecule has 0 spiro atoms.